The first-order valence-electron chi connectivity index (χ1n) is 8.79. The van der Waals surface area contributed by atoms with Gasteiger partial charge in [0.1, 0.15) is 11.9 Å². The molecule has 2 aromatic rings. The molecule has 1 aliphatic rings. The summed E-state index contributed by atoms with van der Waals surface area (Å²) >= 11 is 5.26. The van der Waals surface area contributed by atoms with Gasteiger partial charge in [0, 0.05) is 5.69 Å². The monoisotopic (exact) mass is 360 g/mol. The maximum atomic E-state index is 12.6. The number of hydrogen-bond donors (Lipinski definition) is 2. The third-order valence-electron chi connectivity index (χ3n) is 4.53. The number of nitrogens with zero attached hydrogens (tertiary/aromatic N) is 2. The minimum absolute atomic E-state index is 0.0981. The van der Waals surface area contributed by atoms with Crippen molar-refractivity contribution < 1.29 is 9.53 Å². The molecule has 2 N–H and O–H groups in total. The fourth-order valence-corrected chi connectivity index (χ4v) is 3.51. The topological polar surface area (TPSA) is 71.9 Å². The van der Waals surface area contributed by atoms with Gasteiger partial charge in [0.2, 0.25) is 0 Å². The van der Waals surface area contributed by atoms with E-state index in [1.165, 1.54) is 12.8 Å². The molecule has 1 unspecified atom stereocenters. The number of hydrogen-bond acceptors (Lipinski definition) is 4. The number of nitrogens with one attached hydrogen (secondary N) is 2. The van der Waals surface area contributed by atoms with E-state index < -0.39 is 6.10 Å². The van der Waals surface area contributed by atoms with E-state index >= 15 is 0 Å². The third-order valence-corrected chi connectivity index (χ3v) is 4.81. The van der Waals surface area contributed by atoms with Crippen LogP contribution in [0.2, 0.25) is 0 Å². The van der Waals surface area contributed by atoms with Crippen LogP contribution in [0.5, 0.6) is 0 Å². The van der Waals surface area contributed by atoms with Crippen LogP contribution in [0.1, 0.15) is 44.9 Å². The van der Waals surface area contributed by atoms with Crippen molar-refractivity contribution >= 4 is 23.8 Å². The summed E-state index contributed by atoms with van der Waals surface area (Å²) in [6.45, 7) is 3.85. The molecule has 7 heteroatoms. The Bertz CT molecular complexity index is 792. The van der Waals surface area contributed by atoms with Gasteiger partial charge in [0.05, 0.1) is 11.8 Å². The molecule has 0 radical (unpaired) electrons. The van der Waals surface area contributed by atoms with E-state index in [1.54, 1.807) is 0 Å². The van der Waals surface area contributed by atoms with Crippen LogP contribution in [0.25, 0.3) is 5.69 Å². The van der Waals surface area contributed by atoms with Crippen molar-refractivity contribution in [2.45, 2.75) is 58.2 Å². The zero-order valence-electron chi connectivity index (χ0n) is 14.6. The summed E-state index contributed by atoms with van der Waals surface area (Å²) in [6, 6.07) is 7.57. The number of carbonyl (C=O) groups excluding carboxylic acids is 1. The molecule has 0 spiro atoms. The van der Waals surface area contributed by atoms with Crippen molar-refractivity contribution in [2.75, 3.05) is 5.32 Å². The van der Waals surface area contributed by atoms with Crippen molar-refractivity contribution in [1.82, 2.24) is 14.8 Å². The van der Waals surface area contributed by atoms with E-state index in [2.05, 4.69) is 15.5 Å². The van der Waals surface area contributed by atoms with Crippen molar-refractivity contribution in [1.29, 1.82) is 0 Å². The Morgan fingerprint density at radius 1 is 1.48 bits per heavy atom. The number of amides is 1. The minimum Gasteiger partial charge on any atom is -0.365 e. The van der Waals surface area contributed by atoms with Gasteiger partial charge in [-0.05, 0) is 56.6 Å². The molecule has 25 heavy (non-hydrogen) atoms. The van der Waals surface area contributed by atoms with E-state index in [-0.39, 0.29) is 12.0 Å². The van der Waals surface area contributed by atoms with Gasteiger partial charge in [-0.1, -0.05) is 25.8 Å². The summed E-state index contributed by atoms with van der Waals surface area (Å²) < 4.78 is 8.34. The fraction of sp³-hybridized carbons (Fsp3) is 0.500. The fourth-order valence-electron chi connectivity index (χ4n) is 3.23. The maximum absolute atomic E-state index is 12.6. The molecule has 1 amide bonds. The van der Waals surface area contributed by atoms with Gasteiger partial charge >= 0.3 is 0 Å². The predicted octanol–water partition coefficient (Wildman–Crippen LogP) is 3.91. The van der Waals surface area contributed by atoms with Gasteiger partial charge in [0.25, 0.3) is 5.91 Å². The Morgan fingerprint density at radius 3 is 2.88 bits per heavy atom. The Kier molecular flexibility index (Phi) is 5.65. The lowest BCUT2D eigenvalue weighted by atomic mass is 10.2. The number of carbonyl (C=O) groups is 1. The van der Waals surface area contributed by atoms with Gasteiger partial charge in [-0.3, -0.25) is 14.5 Å². The van der Waals surface area contributed by atoms with Crippen molar-refractivity contribution in [3.8, 4) is 5.69 Å². The highest BCUT2D eigenvalue weighted by Gasteiger charge is 2.24. The van der Waals surface area contributed by atoms with E-state index in [0.717, 1.165) is 30.0 Å². The number of aromatic nitrogens is 3. The molecule has 0 aliphatic heterocycles. The molecule has 0 bridgehead atoms. The first-order valence-corrected chi connectivity index (χ1v) is 9.20. The maximum Gasteiger partial charge on any atom is 0.253 e. The van der Waals surface area contributed by atoms with Gasteiger partial charge in [0.15, 0.2) is 4.77 Å². The summed E-state index contributed by atoms with van der Waals surface area (Å²) in [6.07, 6.45) is 4.95. The number of rotatable bonds is 6. The SMILES string of the molecule is CCC(OC1CCCC1)C(=O)Nc1cccc(-n2c(C)n[nH]c2=S)c1. The van der Waals surface area contributed by atoms with Crippen LogP contribution >= 0.6 is 12.2 Å². The second kappa shape index (κ2) is 7.93. The first-order chi connectivity index (χ1) is 12.1. The van der Waals surface area contributed by atoms with Crippen molar-refractivity contribution in [3.63, 3.8) is 0 Å². The molecule has 1 fully saturated rings. The van der Waals surface area contributed by atoms with E-state index in [0.29, 0.717) is 11.2 Å². The summed E-state index contributed by atoms with van der Waals surface area (Å²) in [5.41, 5.74) is 1.58. The van der Waals surface area contributed by atoms with Crippen LogP contribution in [-0.2, 0) is 9.53 Å². The zero-order chi connectivity index (χ0) is 17.8. The lowest BCUT2D eigenvalue weighted by Gasteiger charge is -2.20. The lowest BCUT2D eigenvalue weighted by molar-refractivity contribution is -0.131. The first kappa shape index (κ1) is 17.8. The molecule has 1 atom stereocenters. The van der Waals surface area contributed by atoms with Crippen LogP contribution in [0.3, 0.4) is 0 Å². The minimum atomic E-state index is -0.412. The van der Waals surface area contributed by atoms with E-state index in [4.69, 9.17) is 17.0 Å². The number of aryl methyl sites for hydroxylation is 1. The highest BCUT2D eigenvalue weighted by Crippen LogP contribution is 2.24. The zero-order valence-corrected chi connectivity index (χ0v) is 15.4. The van der Waals surface area contributed by atoms with Crippen molar-refractivity contribution in [2.24, 2.45) is 0 Å². The molecule has 1 aromatic carbocycles. The van der Waals surface area contributed by atoms with Crippen LogP contribution < -0.4 is 5.32 Å². The molecule has 0 saturated heterocycles. The Morgan fingerprint density at radius 2 is 2.24 bits per heavy atom. The molecular formula is C18H24N4O2S. The average Bonchev–Trinajstić information content (AvgIpc) is 3.22. The molecule has 134 valence electrons. The Balaban J connectivity index is 1.72. The standard InChI is InChI=1S/C18H24N4O2S/c1-3-16(24-15-9-4-5-10-15)17(23)19-13-7-6-8-14(11-13)22-12(2)20-21-18(22)25/h6-8,11,15-16H,3-5,9-10H2,1-2H3,(H,19,23)(H,21,25). The van der Waals surface area contributed by atoms with Gasteiger partial charge in [-0.15, -0.1) is 0 Å². The molecular weight excluding hydrogens is 336 g/mol. The molecule has 6 nitrogen and oxygen atoms in total. The third kappa shape index (κ3) is 4.16. The van der Waals surface area contributed by atoms with Crippen LogP contribution in [0.15, 0.2) is 24.3 Å². The second-order valence-corrected chi connectivity index (χ2v) is 6.78. The highest BCUT2D eigenvalue weighted by molar-refractivity contribution is 7.71. The van der Waals surface area contributed by atoms with E-state index in [1.807, 2.05) is 42.7 Å². The average molecular weight is 360 g/mol. The second-order valence-electron chi connectivity index (χ2n) is 6.39. The number of H-pyrrole nitrogens is 1. The number of aromatic amines is 1. The van der Waals surface area contributed by atoms with Crippen molar-refractivity contribution in [3.05, 3.63) is 34.9 Å². The van der Waals surface area contributed by atoms with Crippen LogP contribution in [0.4, 0.5) is 5.69 Å². The summed E-state index contributed by atoms with van der Waals surface area (Å²) in [5, 5.41) is 9.86. The molecule has 1 aliphatic carbocycles. The molecule has 1 heterocycles. The number of ether oxygens (including phenoxy) is 1. The molecule has 1 aromatic heterocycles. The largest absolute Gasteiger partial charge is 0.365 e. The Labute approximate surface area is 152 Å². The van der Waals surface area contributed by atoms with Gasteiger partial charge < -0.3 is 10.1 Å². The quantitative estimate of drug-likeness (QED) is 0.766. The highest BCUT2D eigenvalue weighted by atomic mass is 32.1. The van der Waals surface area contributed by atoms with Crippen LogP contribution in [-0.4, -0.2) is 32.9 Å². The van der Waals surface area contributed by atoms with Crippen LogP contribution in [0, 0.1) is 11.7 Å². The normalized spacial score (nSPS) is 16.1. The lowest BCUT2D eigenvalue weighted by Crippen LogP contribution is -2.32. The number of benzene rings is 1. The molecule has 3 rings (SSSR count). The number of anilines is 1. The summed E-state index contributed by atoms with van der Waals surface area (Å²) in [5.74, 6) is 0.670. The van der Waals surface area contributed by atoms with Gasteiger partial charge in [-0.25, -0.2) is 0 Å². The summed E-state index contributed by atoms with van der Waals surface area (Å²) in [4.78, 5) is 12.6. The van der Waals surface area contributed by atoms with Gasteiger partial charge in [-0.2, -0.15) is 5.10 Å². The predicted molar refractivity (Wildman–Crippen MR) is 99.5 cm³/mol. The summed E-state index contributed by atoms with van der Waals surface area (Å²) in [7, 11) is 0. The Hall–Kier alpha value is -1.99. The smallest absolute Gasteiger partial charge is 0.253 e. The van der Waals surface area contributed by atoms with E-state index in [9.17, 15) is 4.79 Å². The molecule has 1 saturated carbocycles.